The van der Waals surface area contributed by atoms with Gasteiger partial charge in [0.25, 0.3) is 0 Å². The average molecular weight is 199 g/mol. The van der Waals surface area contributed by atoms with Gasteiger partial charge in [-0.3, -0.25) is 4.79 Å². The van der Waals surface area contributed by atoms with Gasteiger partial charge in [-0.15, -0.1) is 0 Å². The molecule has 3 nitrogen and oxygen atoms in total. The van der Waals surface area contributed by atoms with Gasteiger partial charge in [-0.2, -0.15) is 0 Å². The highest BCUT2D eigenvalue weighted by Crippen LogP contribution is 2.15. The summed E-state index contributed by atoms with van der Waals surface area (Å²) in [5.41, 5.74) is 0. The molecule has 0 bridgehead atoms. The topological polar surface area (TPSA) is 38.3 Å². The second-order valence-corrected chi connectivity index (χ2v) is 3.67. The first-order valence-corrected chi connectivity index (χ1v) is 4.99. The molecule has 0 spiro atoms. The number of hydrogen-bond donors (Lipinski definition) is 1. The Kier molecular flexibility index (Phi) is 7.34. The van der Waals surface area contributed by atoms with Crippen molar-refractivity contribution in [2.45, 2.75) is 44.9 Å². The fourth-order valence-corrected chi connectivity index (χ4v) is 1.70. The molecule has 1 aliphatic rings. The van der Waals surface area contributed by atoms with Crippen LogP contribution in [0.15, 0.2) is 12.7 Å². The highest BCUT2D eigenvalue weighted by atomic mass is 16.5. The van der Waals surface area contributed by atoms with Crippen molar-refractivity contribution in [1.82, 2.24) is 5.32 Å². The lowest BCUT2D eigenvalue weighted by molar-refractivity contribution is -0.104. The van der Waals surface area contributed by atoms with E-state index in [-0.39, 0.29) is 0 Å². The van der Waals surface area contributed by atoms with E-state index in [1.54, 1.807) is 7.11 Å². The molecule has 0 aliphatic carbocycles. The lowest BCUT2D eigenvalue weighted by Crippen LogP contribution is -2.44. The number of ether oxygens (including phenoxy) is 1. The molecule has 1 rings (SSSR count). The van der Waals surface area contributed by atoms with Crippen LogP contribution in [0, 0.1) is 0 Å². The normalized spacial score (nSPS) is 31.2. The predicted molar refractivity (Wildman–Crippen MR) is 58.4 cm³/mol. The monoisotopic (exact) mass is 199 g/mol. The number of hydrogen-bond acceptors (Lipinski definition) is 3. The third-order valence-corrected chi connectivity index (χ3v) is 2.23. The van der Waals surface area contributed by atoms with E-state index in [2.05, 4.69) is 25.7 Å². The standard InChI is InChI=1S/C8H17NO.C3H4O/c1-6-4-8(10-3)5-7(2)9-6;1-2-3-4/h6-9H,4-5H2,1-3H3;2-3H,1H2. The van der Waals surface area contributed by atoms with Crippen LogP contribution in [0.25, 0.3) is 0 Å². The maximum absolute atomic E-state index is 9.06. The van der Waals surface area contributed by atoms with Crippen molar-refractivity contribution in [1.29, 1.82) is 0 Å². The summed E-state index contributed by atoms with van der Waals surface area (Å²) in [4.78, 5) is 9.06. The fourth-order valence-electron chi connectivity index (χ4n) is 1.70. The lowest BCUT2D eigenvalue weighted by Gasteiger charge is -2.31. The largest absolute Gasteiger partial charge is 0.381 e. The fraction of sp³-hybridized carbons (Fsp3) is 0.727. The molecule has 1 N–H and O–H groups in total. The van der Waals surface area contributed by atoms with Gasteiger partial charge < -0.3 is 10.1 Å². The molecule has 0 aromatic heterocycles. The van der Waals surface area contributed by atoms with Gasteiger partial charge in [-0.05, 0) is 32.8 Å². The van der Waals surface area contributed by atoms with Crippen molar-refractivity contribution in [2.75, 3.05) is 7.11 Å². The maximum atomic E-state index is 9.06. The molecular weight excluding hydrogens is 178 g/mol. The molecule has 1 fully saturated rings. The first-order chi connectivity index (χ1) is 6.63. The molecule has 1 aliphatic heterocycles. The van der Waals surface area contributed by atoms with Gasteiger partial charge in [0.2, 0.25) is 0 Å². The highest BCUT2D eigenvalue weighted by Gasteiger charge is 2.22. The van der Waals surface area contributed by atoms with Gasteiger partial charge in [0.15, 0.2) is 0 Å². The number of methoxy groups -OCH3 is 1. The van der Waals surface area contributed by atoms with Crippen molar-refractivity contribution in [2.24, 2.45) is 0 Å². The van der Waals surface area contributed by atoms with Crippen molar-refractivity contribution in [3.8, 4) is 0 Å². The third kappa shape index (κ3) is 5.89. The molecule has 3 heteroatoms. The number of aldehydes is 1. The number of carbonyl (C=O) groups excluding carboxylic acids is 1. The number of nitrogens with one attached hydrogen (secondary N) is 1. The zero-order valence-electron chi connectivity index (χ0n) is 9.32. The summed E-state index contributed by atoms with van der Waals surface area (Å²) in [5, 5.41) is 3.46. The van der Waals surface area contributed by atoms with E-state index in [0.717, 1.165) is 12.8 Å². The second-order valence-electron chi connectivity index (χ2n) is 3.67. The Hall–Kier alpha value is -0.670. The van der Waals surface area contributed by atoms with Gasteiger partial charge in [-0.1, -0.05) is 6.58 Å². The first-order valence-electron chi connectivity index (χ1n) is 4.99. The minimum absolute atomic E-state index is 0.478. The summed E-state index contributed by atoms with van der Waals surface area (Å²) in [6.45, 7) is 7.53. The van der Waals surface area contributed by atoms with E-state index in [0.29, 0.717) is 24.5 Å². The SMILES string of the molecule is C=CC=O.COC1CC(C)NC(C)C1. The summed E-state index contributed by atoms with van der Waals surface area (Å²) >= 11 is 0. The van der Waals surface area contributed by atoms with E-state index >= 15 is 0 Å². The molecule has 0 amide bonds. The third-order valence-electron chi connectivity index (χ3n) is 2.23. The van der Waals surface area contributed by atoms with E-state index in [9.17, 15) is 0 Å². The second kappa shape index (κ2) is 7.71. The molecule has 1 heterocycles. The Morgan fingerprint density at radius 2 is 1.79 bits per heavy atom. The maximum Gasteiger partial charge on any atom is 0.142 e. The minimum atomic E-state index is 0.478. The van der Waals surface area contributed by atoms with Crippen LogP contribution in [0.5, 0.6) is 0 Å². The predicted octanol–water partition coefficient (Wildman–Crippen LogP) is 1.53. The smallest absolute Gasteiger partial charge is 0.142 e. The molecule has 2 unspecified atom stereocenters. The number of piperidine rings is 1. The van der Waals surface area contributed by atoms with Gasteiger partial charge in [-0.25, -0.2) is 0 Å². The van der Waals surface area contributed by atoms with Gasteiger partial charge in [0.1, 0.15) is 6.29 Å². The van der Waals surface area contributed by atoms with Gasteiger partial charge in [0, 0.05) is 19.2 Å². The Morgan fingerprint density at radius 3 is 2.07 bits per heavy atom. The Morgan fingerprint density at radius 1 is 1.36 bits per heavy atom. The van der Waals surface area contributed by atoms with E-state index in [1.165, 1.54) is 6.08 Å². The molecule has 0 aromatic rings. The molecule has 2 atom stereocenters. The molecule has 1 saturated heterocycles. The van der Waals surface area contributed by atoms with Crippen LogP contribution in [-0.4, -0.2) is 31.6 Å². The molecule has 0 saturated carbocycles. The summed E-state index contributed by atoms with van der Waals surface area (Å²) in [6, 6.07) is 1.24. The van der Waals surface area contributed by atoms with Crippen LogP contribution in [0.3, 0.4) is 0 Å². The zero-order valence-corrected chi connectivity index (χ0v) is 9.32. The molecule has 14 heavy (non-hydrogen) atoms. The zero-order chi connectivity index (χ0) is 11.0. The molecule has 0 radical (unpaired) electrons. The Balaban J connectivity index is 0.000000364. The Bertz CT molecular complexity index is 155. The van der Waals surface area contributed by atoms with Crippen molar-refractivity contribution in [3.05, 3.63) is 12.7 Å². The van der Waals surface area contributed by atoms with Gasteiger partial charge in [0.05, 0.1) is 6.10 Å². The number of allylic oxidation sites excluding steroid dienone is 1. The van der Waals surface area contributed by atoms with Crippen molar-refractivity contribution < 1.29 is 9.53 Å². The first kappa shape index (κ1) is 13.3. The van der Waals surface area contributed by atoms with Crippen LogP contribution in [0.1, 0.15) is 26.7 Å². The molecule has 0 aromatic carbocycles. The lowest BCUT2D eigenvalue weighted by atomic mass is 9.98. The number of carbonyl (C=O) groups is 1. The quantitative estimate of drug-likeness (QED) is 0.541. The van der Waals surface area contributed by atoms with Crippen LogP contribution < -0.4 is 5.32 Å². The van der Waals surface area contributed by atoms with Crippen LogP contribution in [0.4, 0.5) is 0 Å². The molecular formula is C11H21NO2. The summed E-state index contributed by atoms with van der Waals surface area (Å²) in [7, 11) is 1.80. The van der Waals surface area contributed by atoms with Crippen LogP contribution >= 0.6 is 0 Å². The van der Waals surface area contributed by atoms with E-state index in [1.807, 2.05) is 0 Å². The number of rotatable bonds is 2. The Labute approximate surface area is 86.5 Å². The van der Waals surface area contributed by atoms with Crippen LogP contribution in [0.2, 0.25) is 0 Å². The van der Waals surface area contributed by atoms with Crippen molar-refractivity contribution >= 4 is 6.29 Å². The van der Waals surface area contributed by atoms with E-state index < -0.39 is 0 Å². The summed E-state index contributed by atoms with van der Waals surface area (Å²) in [5.74, 6) is 0. The minimum Gasteiger partial charge on any atom is -0.381 e. The summed E-state index contributed by atoms with van der Waals surface area (Å²) < 4.78 is 5.29. The van der Waals surface area contributed by atoms with Crippen LogP contribution in [-0.2, 0) is 9.53 Å². The highest BCUT2D eigenvalue weighted by molar-refractivity contribution is 5.63. The van der Waals surface area contributed by atoms with E-state index in [4.69, 9.17) is 9.53 Å². The average Bonchev–Trinajstić information content (AvgIpc) is 2.17. The molecule has 82 valence electrons. The summed E-state index contributed by atoms with van der Waals surface area (Å²) in [6.07, 6.45) is 4.62. The van der Waals surface area contributed by atoms with Gasteiger partial charge >= 0.3 is 0 Å². The van der Waals surface area contributed by atoms with Crippen molar-refractivity contribution in [3.63, 3.8) is 0 Å².